The third-order valence-corrected chi connectivity index (χ3v) is 2.50. The molecule has 16 heavy (non-hydrogen) atoms. The zero-order valence-electron chi connectivity index (χ0n) is 9.21. The maximum atomic E-state index is 11.5. The van der Waals surface area contributed by atoms with Crippen molar-refractivity contribution in [2.75, 3.05) is 6.61 Å². The van der Waals surface area contributed by atoms with E-state index in [0.29, 0.717) is 24.2 Å². The van der Waals surface area contributed by atoms with Crippen LogP contribution in [0.1, 0.15) is 35.3 Å². The Hall–Kier alpha value is -1.53. The summed E-state index contributed by atoms with van der Waals surface area (Å²) in [6.07, 6.45) is 0.673. The Kier molecular flexibility index (Phi) is 4.33. The number of esters is 1. The van der Waals surface area contributed by atoms with E-state index < -0.39 is 5.97 Å². The fraction of sp³-hybridized carbons (Fsp3) is 0.333. The second kappa shape index (κ2) is 5.53. The van der Waals surface area contributed by atoms with Gasteiger partial charge in [0.25, 0.3) is 0 Å². The van der Waals surface area contributed by atoms with Crippen molar-refractivity contribution in [2.24, 2.45) is 0 Å². The van der Waals surface area contributed by atoms with Gasteiger partial charge in [0.1, 0.15) is 0 Å². The van der Waals surface area contributed by atoms with Crippen molar-refractivity contribution in [2.45, 2.75) is 20.3 Å². The van der Waals surface area contributed by atoms with Crippen LogP contribution in [0.15, 0.2) is 12.1 Å². The minimum absolute atomic E-state index is 0.257. The molecule has 4 heteroatoms. The highest BCUT2D eigenvalue weighted by molar-refractivity contribution is 6.33. The quantitative estimate of drug-likeness (QED) is 0.760. The number of ether oxygens (including phenoxy) is 1. The number of halogens is 1. The molecule has 1 aromatic rings. The van der Waals surface area contributed by atoms with Crippen LogP contribution < -0.4 is 0 Å². The Balaban J connectivity index is 3.22. The summed E-state index contributed by atoms with van der Waals surface area (Å²) in [5, 5.41) is 9.14. The molecule has 84 valence electrons. The van der Waals surface area contributed by atoms with Gasteiger partial charge in [0.05, 0.1) is 28.8 Å². The molecular formula is C12H12ClNO2. The summed E-state index contributed by atoms with van der Waals surface area (Å²) >= 11 is 5.92. The van der Waals surface area contributed by atoms with Crippen molar-refractivity contribution in [3.63, 3.8) is 0 Å². The highest BCUT2D eigenvalue weighted by Crippen LogP contribution is 2.22. The molecule has 0 saturated heterocycles. The van der Waals surface area contributed by atoms with Gasteiger partial charge in [-0.1, -0.05) is 18.5 Å². The number of benzene rings is 1. The average molecular weight is 238 g/mol. The Morgan fingerprint density at radius 1 is 1.50 bits per heavy atom. The molecule has 0 N–H and O–H groups in total. The number of rotatable bonds is 3. The molecule has 0 aliphatic heterocycles. The van der Waals surface area contributed by atoms with Gasteiger partial charge in [-0.25, -0.2) is 4.79 Å². The Morgan fingerprint density at radius 3 is 2.69 bits per heavy atom. The second-order valence-electron chi connectivity index (χ2n) is 3.18. The van der Waals surface area contributed by atoms with Gasteiger partial charge in [-0.15, -0.1) is 0 Å². The number of aryl methyl sites for hydroxylation is 1. The van der Waals surface area contributed by atoms with Gasteiger partial charge in [-0.3, -0.25) is 0 Å². The molecule has 0 aliphatic carbocycles. The lowest BCUT2D eigenvalue weighted by molar-refractivity contribution is 0.0526. The van der Waals surface area contributed by atoms with Gasteiger partial charge in [0, 0.05) is 0 Å². The lowest BCUT2D eigenvalue weighted by Crippen LogP contribution is -2.06. The molecule has 0 heterocycles. The van der Waals surface area contributed by atoms with Crippen molar-refractivity contribution >= 4 is 17.6 Å². The SMILES string of the molecule is CCOC(=O)c1cc(CC)c(C#N)cc1Cl. The molecule has 0 aliphatic rings. The number of hydrogen-bond donors (Lipinski definition) is 0. The normalized spacial score (nSPS) is 9.62. The molecule has 0 bridgehead atoms. The molecular weight excluding hydrogens is 226 g/mol. The van der Waals surface area contributed by atoms with Gasteiger partial charge in [0.2, 0.25) is 0 Å². The summed E-state index contributed by atoms with van der Waals surface area (Å²) in [6.45, 7) is 3.95. The van der Waals surface area contributed by atoms with E-state index in [0.717, 1.165) is 5.56 Å². The number of carbonyl (C=O) groups excluding carboxylic acids is 1. The third kappa shape index (κ3) is 2.53. The summed E-state index contributed by atoms with van der Waals surface area (Å²) in [5.74, 6) is -0.452. The summed E-state index contributed by atoms with van der Waals surface area (Å²) in [6, 6.07) is 5.18. The summed E-state index contributed by atoms with van der Waals surface area (Å²) in [5.41, 5.74) is 1.62. The fourth-order valence-electron chi connectivity index (χ4n) is 1.38. The third-order valence-electron chi connectivity index (χ3n) is 2.19. The Bertz CT molecular complexity index is 449. The minimum Gasteiger partial charge on any atom is -0.462 e. The minimum atomic E-state index is -0.452. The van der Waals surface area contributed by atoms with E-state index in [1.54, 1.807) is 13.0 Å². The fourth-order valence-corrected chi connectivity index (χ4v) is 1.62. The van der Waals surface area contributed by atoms with Gasteiger partial charge in [0.15, 0.2) is 0 Å². The largest absolute Gasteiger partial charge is 0.462 e. The van der Waals surface area contributed by atoms with Gasteiger partial charge in [-0.05, 0) is 31.0 Å². The van der Waals surface area contributed by atoms with E-state index in [9.17, 15) is 4.79 Å². The first-order valence-electron chi connectivity index (χ1n) is 5.03. The van der Waals surface area contributed by atoms with Crippen LogP contribution in [0.25, 0.3) is 0 Å². The van der Waals surface area contributed by atoms with Crippen LogP contribution in [0.3, 0.4) is 0 Å². The van der Waals surface area contributed by atoms with Crippen molar-refractivity contribution in [1.82, 2.24) is 0 Å². The Morgan fingerprint density at radius 2 is 2.19 bits per heavy atom. The van der Waals surface area contributed by atoms with Crippen molar-refractivity contribution in [3.05, 3.63) is 33.8 Å². The lowest BCUT2D eigenvalue weighted by atomic mass is 10.0. The highest BCUT2D eigenvalue weighted by Gasteiger charge is 2.14. The van der Waals surface area contributed by atoms with E-state index in [1.807, 2.05) is 13.0 Å². The zero-order valence-corrected chi connectivity index (χ0v) is 9.97. The van der Waals surface area contributed by atoms with Crippen LogP contribution in [0.4, 0.5) is 0 Å². The maximum Gasteiger partial charge on any atom is 0.339 e. The molecule has 0 radical (unpaired) electrons. The smallest absolute Gasteiger partial charge is 0.339 e. The Labute approximate surface area is 99.6 Å². The van der Waals surface area contributed by atoms with E-state index in [2.05, 4.69) is 0 Å². The van der Waals surface area contributed by atoms with Crippen LogP contribution in [0.5, 0.6) is 0 Å². The standard InChI is InChI=1S/C12H12ClNO2/c1-3-8-5-10(12(15)16-4-2)11(13)6-9(8)7-14/h5-6H,3-4H2,1-2H3. The first-order valence-corrected chi connectivity index (χ1v) is 5.41. The van der Waals surface area contributed by atoms with Crippen molar-refractivity contribution in [3.8, 4) is 6.07 Å². The van der Waals surface area contributed by atoms with E-state index in [1.165, 1.54) is 6.07 Å². The van der Waals surface area contributed by atoms with Gasteiger partial charge < -0.3 is 4.74 Å². The predicted molar refractivity (Wildman–Crippen MR) is 61.5 cm³/mol. The zero-order chi connectivity index (χ0) is 12.1. The number of carbonyl (C=O) groups is 1. The van der Waals surface area contributed by atoms with E-state index in [-0.39, 0.29) is 5.02 Å². The molecule has 0 spiro atoms. The van der Waals surface area contributed by atoms with E-state index >= 15 is 0 Å². The molecule has 0 fully saturated rings. The molecule has 0 aromatic heterocycles. The molecule has 0 saturated carbocycles. The lowest BCUT2D eigenvalue weighted by Gasteiger charge is -2.07. The predicted octanol–water partition coefficient (Wildman–Crippen LogP) is 2.95. The van der Waals surface area contributed by atoms with Crippen LogP contribution in [0.2, 0.25) is 5.02 Å². The molecule has 0 amide bonds. The number of hydrogen-bond acceptors (Lipinski definition) is 3. The van der Waals surface area contributed by atoms with Crippen LogP contribution >= 0.6 is 11.6 Å². The highest BCUT2D eigenvalue weighted by atomic mass is 35.5. The summed E-state index contributed by atoms with van der Waals surface area (Å²) in [4.78, 5) is 11.5. The van der Waals surface area contributed by atoms with E-state index in [4.69, 9.17) is 21.6 Å². The average Bonchev–Trinajstić information content (AvgIpc) is 2.28. The number of nitriles is 1. The number of nitrogens with zero attached hydrogens (tertiary/aromatic N) is 1. The molecule has 0 atom stereocenters. The van der Waals surface area contributed by atoms with Gasteiger partial charge in [-0.2, -0.15) is 5.26 Å². The topological polar surface area (TPSA) is 50.1 Å². The molecule has 3 nitrogen and oxygen atoms in total. The molecule has 1 aromatic carbocycles. The first-order chi connectivity index (χ1) is 7.63. The van der Waals surface area contributed by atoms with Crippen LogP contribution in [-0.4, -0.2) is 12.6 Å². The van der Waals surface area contributed by atoms with Crippen LogP contribution in [0, 0.1) is 11.3 Å². The molecule has 0 unspecified atom stereocenters. The summed E-state index contributed by atoms with van der Waals surface area (Å²) < 4.78 is 4.88. The molecule has 1 rings (SSSR count). The van der Waals surface area contributed by atoms with Crippen molar-refractivity contribution in [1.29, 1.82) is 5.26 Å². The maximum absolute atomic E-state index is 11.5. The van der Waals surface area contributed by atoms with Crippen LogP contribution in [-0.2, 0) is 11.2 Å². The summed E-state index contributed by atoms with van der Waals surface area (Å²) in [7, 11) is 0. The first kappa shape index (κ1) is 12.5. The second-order valence-corrected chi connectivity index (χ2v) is 3.58. The van der Waals surface area contributed by atoms with Crippen molar-refractivity contribution < 1.29 is 9.53 Å². The van der Waals surface area contributed by atoms with Gasteiger partial charge >= 0.3 is 5.97 Å². The monoisotopic (exact) mass is 237 g/mol.